The molecule has 0 radical (unpaired) electrons. The number of ether oxygens (including phenoxy) is 3. The lowest BCUT2D eigenvalue weighted by atomic mass is 9.99. The van der Waals surface area contributed by atoms with Crippen molar-refractivity contribution in [3.05, 3.63) is 71.8 Å². The Morgan fingerprint density at radius 1 is 0.821 bits per heavy atom. The van der Waals surface area contributed by atoms with Crippen molar-refractivity contribution in [3.8, 4) is 0 Å². The monoisotopic (exact) mass is 388 g/mol. The molecule has 1 aliphatic rings. The molecule has 3 N–H and O–H groups in total. The smallest absolute Gasteiger partial charge is 0.338 e. The quantitative estimate of drug-likeness (QED) is 0.633. The molecule has 8 nitrogen and oxygen atoms in total. The van der Waals surface area contributed by atoms with E-state index in [4.69, 9.17) is 14.2 Å². The normalized spacial score (nSPS) is 27.0. The Morgan fingerprint density at radius 3 is 1.93 bits per heavy atom. The van der Waals surface area contributed by atoms with Gasteiger partial charge in [0, 0.05) is 0 Å². The molecule has 0 saturated carbocycles. The summed E-state index contributed by atoms with van der Waals surface area (Å²) in [4.78, 5) is 24.2. The molecule has 8 heteroatoms. The summed E-state index contributed by atoms with van der Waals surface area (Å²) in [5.41, 5.74) is 0.523. The van der Waals surface area contributed by atoms with E-state index >= 15 is 0 Å². The van der Waals surface area contributed by atoms with Gasteiger partial charge in [0.2, 0.25) is 0 Å². The summed E-state index contributed by atoms with van der Waals surface area (Å²) < 4.78 is 15.4. The molecule has 0 bridgehead atoms. The molecule has 2 aromatic rings. The Hall–Kier alpha value is -2.78. The molecule has 1 heterocycles. The summed E-state index contributed by atoms with van der Waals surface area (Å²) in [6.07, 6.45) is -7.56. The number of hydrogen-bond donors (Lipinski definition) is 3. The highest BCUT2D eigenvalue weighted by Crippen LogP contribution is 2.24. The Kier molecular flexibility index (Phi) is 6.37. The van der Waals surface area contributed by atoms with Crippen LogP contribution in [0.3, 0.4) is 0 Å². The van der Waals surface area contributed by atoms with E-state index in [1.165, 1.54) is 12.1 Å². The number of rotatable bonds is 5. The average Bonchev–Trinajstić information content (AvgIpc) is 2.73. The van der Waals surface area contributed by atoms with Crippen LogP contribution in [0.15, 0.2) is 60.7 Å². The van der Waals surface area contributed by atoms with Crippen LogP contribution in [0.1, 0.15) is 20.7 Å². The highest BCUT2D eigenvalue weighted by molar-refractivity contribution is 5.89. The largest absolute Gasteiger partial charge is 0.459 e. The van der Waals surface area contributed by atoms with E-state index in [2.05, 4.69) is 0 Å². The van der Waals surface area contributed by atoms with Crippen LogP contribution in [0.4, 0.5) is 0 Å². The maximum absolute atomic E-state index is 12.2. The van der Waals surface area contributed by atoms with Crippen LogP contribution in [-0.4, -0.2) is 64.6 Å². The van der Waals surface area contributed by atoms with Crippen LogP contribution in [-0.2, 0) is 14.2 Å². The van der Waals surface area contributed by atoms with Crippen molar-refractivity contribution in [2.24, 2.45) is 0 Å². The van der Waals surface area contributed by atoms with Crippen molar-refractivity contribution < 1.29 is 39.1 Å². The van der Waals surface area contributed by atoms with E-state index in [1.807, 2.05) is 0 Å². The van der Waals surface area contributed by atoms with Crippen LogP contribution in [0.2, 0.25) is 0 Å². The minimum absolute atomic E-state index is 0.218. The van der Waals surface area contributed by atoms with Gasteiger partial charge in [-0.25, -0.2) is 9.59 Å². The minimum atomic E-state index is -1.72. The fraction of sp³-hybridized carbons (Fsp3) is 0.300. The molecule has 1 aliphatic heterocycles. The number of aliphatic hydroxyl groups is 3. The van der Waals surface area contributed by atoms with E-state index in [1.54, 1.807) is 48.5 Å². The molecule has 0 aromatic heterocycles. The topological polar surface area (TPSA) is 123 Å². The summed E-state index contributed by atoms with van der Waals surface area (Å²) in [6, 6.07) is 16.2. The molecule has 1 fully saturated rings. The van der Waals surface area contributed by atoms with E-state index in [0.29, 0.717) is 5.56 Å². The third-order valence-electron chi connectivity index (χ3n) is 4.30. The molecular formula is C20H20O8. The van der Waals surface area contributed by atoms with Crippen LogP contribution in [0.5, 0.6) is 0 Å². The highest BCUT2D eigenvalue weighted by atomic mass is 16.7. The summed E-state index contributed by atoms with van der Waals surface area (Å²) >= 11 is 0. The molecule has 0 aliphatic carbocycles. The minimum Gasteiger partial charge on any atom is -0.459 e. The zero-order chi connectivity index (χ0) is 20.1. The lowest BCUT2D eigenvalue weighted by molar-refractivity contribution is -0.285. The molecule has 1 saturated heterocycles. The average molecular weight is 388 g/mol. The van der Waals surface area contributed by atoms with Crippen molar-refractivity contribution in [2.45, 2.75) is 30.7 Å². The van der Waals surface area contributed by atoms with E-state index < -0.39 is 49.3 Å². The molecule has 2 aromatic carbocycles. The second-order valence-corrected chi connectivity index (χ2v) is 6.25. The molecular weight excluding hydrogens is 368 g/mol. The molecule has 148 valence electrons. The van der Waals surface area contributed by atoms with Crippen LogP contribution >= 0.6 is 0 Å². The van der Waals surface area contributed by atoms with E-state index in [-0.39, 0.29) is 5.56 Å². The number of aliphatic hydroxyl groups excluding tert-OH is 3. The van der Waals surface area contributed by atoms with Crippen LogP contribution in [0.25, 0.3) is 0 Å². The first-order valence-electron chi connectivity index (χ1n) is 8.65. The Labute approximate surface area is 160 Å². The predicted molar refractivity (Wildman–Crippen MR) is 95.3 cm³/mol. The van der Waals surface area contributed by atoms with Gasteiger partial charge in [0.05, 0.1) is 11.1 Å². The van der Waals surface area contributed by atoms with Gasteiger partial charge >= 0.3 is 11.9 Å². The van der Waals surface area contributed by atoms with Gasteiger partial charge in [-0.2, -0.15) is 0 Å². The molecule has 0 unspecified atom stereocenters. The maximum Gasteiger partial charge on any atom is 0.338 e. The molecule has 0 spiro atoms. The standard InChI is InChI=1S/C20H20O8/c21-15-14(11-26-18(23)12-7-3-1-4-8-12)27-20(25)16(22)17(15)28-19(24)13-9-5-2-6-10-13/h1-10,14-17,20-22,25H,11H2/t14-,15-,16-,17+,20+/m1/s1. The van der Waals surface area contributed by atoms with Gasteiger partial charge in [-0.15, -0.1) is 0 Å². The van der Waals surface area contributed by atoms with Gasteiger partial charge in [-0.1, -0.05) is 36.4 Å². The summed E-state index contributed by atoms with van der Waals surface area (Å²) in [5, 5.41) is 30.4. The van der Waals surface area contributed by atoms with Gasteiger partial charge in [0.25, 0.3) is 0 Å². The van der Waals surface area contributed by atoms with Gasteiger partial charge in [0.1, 0.15) is 24.9 Å². The van der Waals surface area contributed by atoms with Gasteiger partial charge in [-0.3, -0.25) is 0 Å². The first-order chi connectivity index (χ1) is 13.5. The van der Waals surface area contributed by atoms with Crippen molar-refractivity contribution in [1.82, 2.24) is 0 Å². The Morgan fingerprint density at radius 2 is 1.36 bits per heavy atom. The third kappa shape index (κ3) is 4.55. The zero-order valence-electron chi connectivity index (χ0n) is 14.8. The fourth-order valence-corrected chi connectivity index (χ4v) is 2.77. The number of carbonyl (C=O) groups is 2. The van der Waals surface area contributed by atoms with Gasteiger partial charge < -0.3 is 29.5 Å². The van der Waals surface area contributed by atoms with Crippen molar-refractivity contribution >= 4 is 11.9 Å². The molecule has 28 heavy (non-hydrogen) atoms. The van der Waals surface area contributed by atoms with E-state index in [0.717, 1.165) is 0 Å². The van der Waals surface area contributed by atoms with Crippen molar-refractivity contribution in [3.63, 3.8) is 0 Å². The number of benzene rings is 2. The second-order valence-electron chi connectivity index (χ2n) is 6.25. The van der Waals surface area contributed by atoms with Gasteiger partial charge in [0.15, 0.2) is 12.4 Å². The molecule has 0 amide bonds. The SMILES string of the molecule is O=C(OC[C@H]1O[C@H](O)[C@H](O)[C@@H](OC(=O)c2ccccc2)[C@@H]1O)c1ccccc1. The lowest BCUT2D eigenvalue weighted by Crippen LogP contribution is -2.60. The van der Waals surface area contributed by atoms with Crippen molar-refractivity contribution in [2.75, 3.05) is 6.61 Å². The number of hydrogen-bond acceptors (Lipinski definition) is 8. The lowest BCUT2D eigenvalue weighted by Gasteiger charge is -2.39. The van der Waals surface area contributed by atoms with Gasteiger partial charge in [-0.05, 0) is 24.3 Å². The zero-order valence-corrected chi connectivity index (χ0v) is 14.8. The second kappa shape index (κ2) is 8.94. The molecule has 3 rings (SSSR count). The number of esters is 2. The first-order valence-corrected chi connectivity index (χ1v) is 8.65. The Bertz CT molecular complexity index is 794. The third-order valence-corrected chi connectivity index (χ3v) is 4.30. The van der Waals surface area contributed by atoms with Crippen LogP contribution in [0, 0.1) is 0 Å². The summed E-state index contributed by atoms with van der Waals surface area (Å²) in [5.74, 6) is -1.42. The van der Waals surface area contributed by atoms with Crippen molar-refractivity contribution in [1.29, 1.82) is 0 Å². The highest BCUT2D eigenvalue weighted by Gasteiger charge is 2.46. The predicted octanol–water partition coefficient (Wildman–Crippen LogP) is 0.508. The summed E-state index contributed by atoms with van der Waals surface area (Å²) in [6.45, 7) is -0.405. The maximum atomic E-state index is 12.2. The molecule has 5 atom stereocenters. The summed E-state index contributed by atoms with van der Waals surface area (Å²) in [7, 11) is 0. The fourth-order valence-electron chi connectivity index (χ4n) is 2.77. The number of carbonyl (C=O) groups excluding carboxylic acids is 2. The van der Waals surface area contributed by atoms with Crippen LogP contribution < -0.4 is 0 Å². The Balaban J connectivity index is 1.65. The van der Waals surface area contributed by atoms with E-state index in [9.17, 15) is 24.9 Å². The first kappa shape index (κ1) is 20.0.